The van der Waals surface area contributed by atoms with Gasteiger partial charge in [0, 0.05) is 33.2 Å². The van der Waals surface area contributed by atoms with Crippen LogP contribution >= 0.6 is 12.2 Å². The number of carbonyl (C=O) groups excluding carboxylic acids is 1. The van der Waals surface area contributed by atoms with Crippen molar-refractivity contribution in [2.75, 3.05) is 26.2 Å². The summed E-state index contributed by atoms with van der Waals surface area (Å²) in [5.74, 6) is 1.39. The molecular weight excluding hydrogens is 354 g/mol. The van der Waals surface area contributed by atoms with Crippen molar-refractivity contribution in [2.45, 2.75) is 33.0 Å². The Kier molecular flexibility index (Phi) is 5.19. The van der Waals surface area contributed by atoms with Gasteiger partial charge in [-0.05, 0) is 45.1 Å². The molecule has 3 rings (SSSR count). The molecule has 2 aromatic rings. The molecule has 1 saturated heterocycles. The summed E-state index contributed by atoms with van der Waals surface area (Å²) >= 11 is 5.49. The van der Waals surface area contributed by atoms with Crippen LogP contribution in [-0.2, 0) is 18.5 Å². The minimum atomic E-state index is -0.475. The first-order valence-electron chi connectivity index (χ1n) is 8.62. The molecule has 0 aliphatic carbocycles. The molecule has 0 unspecified atom stereocenters. The van der Waals surface area contributed by atoms with Crippen molar-refractivity contribution in [1.29, 1.82) is 0 Å². The van der Waals surface area contributed by atoms with Crippen LogP contribution in [0.25, 0.3) is 11.6 Å². The molecule has 0 saturated carbocycles. The summed E-state index contributed by atoms with van der Waals surface area (Å²) in [6.45, 7) is 8.94. The number of hydrogen-bond acceptors (Lipinski definition) is 6. The Hall–Kier alpha value is -2.13. The van der Waals surface area contributed by atoms with Gasteiger partial charge in [-0.25, -0.2) is 9.48 Å². The van der Waals surface area contributed by atoms with Gasteiger partial charge >= 0.3 is 6.09 Å². The highest BCUT2D eigenvalue weighted by Gasteiger charge is 2.26. The van der Waals surface area contributed by atoms with E-state index in [-0.39, 0.29) is 6.09 Å². The molecule has 9 heteroatoms. The highest BCUT2D eigenvalue weighted by atomic mass is 32.1. The van der Waals surface area contributed by atoms with E-state index in [0.717, 1.165) is 13.1 Å². The van der Waals surface area contributed by atoms with E-state index in [9.17, 15) is 4.79 Å². The first kappa shape index (κ1) is 18.7. The fraction of sp³-hybridized carbons (Fsp3) is 0.588. The minimum Gasteiger partial charge on any atom is -0.461 e. The standard InChI is InChI=1S/C17H25N5O3S/c1-17(2,3)25-16(23)21-9-7-20(8-10-21)12-22-15(26)19(4)14(18-22)13-6-5-11-24-13/h5-6,11H,7-10,12H2,1-4H3. The number of rotatable bonds is 3. The Bertz CT molecular complexity index is 811. The van der Waals surface area contributed by atoms with Crippen molar-refractivity contribution in [3.05, 3.63) is 23.2 Å². The number of piperazine rings is 1. The van der Waals surface area contributed by atoms with Crippen molar-refractivity contribution in [1.82, 2.24) is 24.1 Å². The van der Waals surface area contributed by atoms with Gasteiger partial charge in [0.25, 0.3) is 0 Å². The van der Waals surface area contributed by atoms with Gasteiger partial charge in [-0.3, -0.25) is 4.90 Å². The number of amides is 1. The molecule has 2 aromatic heterocycles. The van der Waals surface area contributed by atoms with Gasteiger partial charge < -0.3 is 18.6 Å². The van der Waals surface area contributed by atoms with Gasteiger partial charge in [-0.15, -0.1) is 5.10 Å². The molecule has 1 aliphatic heterocycles. The van der Waals surface area contributed by atoms with Crippen LogP contribution < -0.4 is 0 Å². The largest absolute Gasteiger partial charge is 0.461 e. The third-order valence-electron chi connectivity index (χ3n) is 4.14. The Labute approximate surface area is 157 Å². The number of ether oxygens (including phenoxy) is 1. The van der Waals surface area contributed by atoms with E-state index in [2.05, 4.69) is 10.00 Å². The second kappa shape index (κ2) is 7.24. The predicted octanol–water partition coefficient (Wildman–Crippen LogP) is 2.72. The van der Waals surface area contributed by atoms with Crippen LogP contribution in [0.5, 0.6) is 0 Å². The average Bonchev–Trinajstić information content (AvgIpc) is 3.18. The van der Waals surface area contributed by atoms with Gasteiger partial charge in [-0.2, -0.15) is 0 Å². The van der Waals surface area contributed by atoms with E-state index in [1.54, 1.807) is 15.8 Å². The fourth-order valence-electron chi connectivity index (χ4n) is 2.79. The molecular formula is C17H25N5O3S. The summed E-state index contributed by atoms with van der Waals surface area (Å²) < 4.78 is 15.1. The van der Waals surface area contributed by atoms with Gasteiger partial charge in [0.05, 0.1) is 12.9 Å². The van der Waals surface area contributed by atoms with E-state index >= 15 is 0 Å². The van der Waals surface area contributed by atoms with E-state index in [4.69, 9.17) is 21.4 Å². The van der Waals surface area contributed by atoms with Gasteiger partial charge in [0.15, 0.2) is 16.4 Å². The first-order chi connectivity index (χ1) is 12.2. The maximum Gasteiger partial charge on any atom is 0.410 e. The number of aromatic nitrogens is 3. The zero-order chi connectivity index (χ0) is 18.9. The van der Waals surface area contributed by atoms with Crippen LogP contribution in [0.1, 0.15) is 20.8 Å². The van der Waals surface area contributed by atoms with Crippen molar-refractivity contribution in [3.63, 3.8) is 0 Å². The Morgan fingerprint density at radius 3 is 2.58 bits per heavy atom. The molecule has 8 nitrogen and oxygen atoms in total. The average molecular weight is 379 g/mol. The lowest BCUT2D eigenvalue weighted by Gasteiger charge is -2.35. The smallest absolute Gasteiger partial charge is 0.410 e. The lowest BCUT2D eigenvalue weighted by molar-refractivity contribution is 0.0113. The summed E-state index contributed by atoms with van der Waals surface area (Å²) in [5.41, 5.74) is -0.475. The fourth-order valence-corrected chi connectivity index (χ4v) is 2.97. The SMILES string of the molecule is Cn1c(-c2ccco2)nn(CN2CCN(C(=O)OC(C)(C)C)CC2)c1=S. The van der Waals surface area contributed by atoms with Gasteiger partial charge in [0.2, 0.25) is 0 Å². The van der Waals surface area contributed by atoms with Crippen LogP contribution in [0.3, 0.4) is 0 Å². The Morgan fingerprint density at radius 1 is 1.31 bits per heavy atom. The summed E-state index contributed by atoms with van der Waals surface area (Å²) in [7, 11) is 1.88. The molecule has 1 fully saturated rings. The second-order valence-electron chi connectivity index (χ2n) is 7.37. The zero-order valence-electron chi connectivity index (χ0n) is 15.6. The van der Waals surface area contributed by atoms with E-state index in [0.29, 0.717) is 36.1 Å². The lowest BCUT2D eigenvalue weighted by atomic mass is 10.2. The highest BCUT2D eigenvalue weighted by Crippen LogP contribution is 2.18. The number of furan rings is 1. The zero-order valence-corrected chi connectivity index (χ0v) is 16.5. The quantitative estimate of drug-likeness (QED) is 0.764. The molecule has 0 bridgehead atoms. The minimum absolute atomic E-state index is 0.258. The molecule has 1 aliphatic rings. The third kappa shape index (κ3) is 4.16. The van der Waals surface area contributed by atoms with Crippen LogP contribution in [0, 0.1) is 4.77 Å². The number of carbonyl (C=O) groups is 1. The van der Waals surface area contributed by atoms with E-state index < -0.39 is 5.60 Å². The summed E-state index contributed by atoms with van der Waals surface area (Å²) in [6, 6.07) is 3.69. The molecule has 0 N–H and O–H groups in total. The Balaban J connectivity index is 1.61. The van der Waals surface area contributed by atoms with Crippen LogP contribution in [0.2, 0.25) is 0 Å². The summed E-state index contributed by atoms with van der Waals surface area (Å²) in [4.78, 5) is 16.1. The van der Waals surface area contributed by atoms with E-state index in [1.807, 2.05) is 44.5 Å². The molecule has 142 valence electrons. The first-order valence-corrected chi connectivity index (χ1v) is 9.03. The van der Waals surface area contributed by atoms with Crippen molar-refractivity contribution < 1.29 is 13.9 Å². The molecule has 0 aromatic carbocycles. The second-order valence-corrected chi connectivity index (χ2v) is 7.73. The van der Waals surface area contributed by atoms with Crippen LogP contribution in [-0.4, -0.2) is 62.0 Å². The molecule has 0 atom stereocenters. The summed E-state index contributed by atoms with van der Waals surface area (Å²) in [5, 5.41) is 4.58. The number of nitrogens with zero attached hydrogens (tertiary/aromatic N) is 5. The van der Waals surface area contributed by atoms with Crippen molar-refractivity contribution in [3.8, 4) is 11.6 Å². The van der Waals surface area contributed by atoms with Gasteiger partial charge in [0.1, 0.15) is 5.60 Å². The van der Waals surface area contributed by atoms with E-state index in [1.165, 1.54) is 0 Å². The lowest BCUT2D eigenvalue weighted by Crippen LogP contribution is -2.50. The topological polar surface area (TPSA) is 68.7 Å². The highest BCUT2D eigenvalue weighted by molar-refractivity contribution is 7.71. The molecule has 3 heterocycles. The molecule has 0 spiro atoms. The van der Waals surface area contributed by atoms with Gasteiger partial charge in [-0.1, -0.05) is 0 Å². The maximum atomic E-state index is 12.1. The number of hydrogen-bond donors (Lipinski definition) is 0. The van der Waals surface area contributed by atoms with Crippen LogP contribution in [0.15, 0.2) is 22.8 Å². The summed E-state index contributed by atoms with van der Waals surface area (Å²) in [6.07, 6.45) is 1.36. The monoisotopic (exact) mass is 379 g/mol. The van der Waals surface area contributed by atoms with Crippen molar-refractivity contribution >= 4 is 18.3 Å². The third-order valence-corrected chi connectivity index (χ3v) is 4.62. The van der Waals surface area contributed by atoms with Crippen molar-refractivity contribution in [2.24, 2.45) is 7.05 Å². The molecule has 26 heavy (non-hydrogen) atoms. The molecule has 1 amide bonds. The Morgan fingerprint density at radius 2 is 2.00 bits per heavy atom. The predicted molar refractivity (Wildman–Crippen MR) is 99.1 cm³/mol. The normalized spacial score (nSPS) is 16.1. The van der Waals surface area contributed by atoms with Crippen LogP contribution in [0.4, 0.5) is 4.79 Å². The molecule has 0 radical (unpaired) electrons. The maximum absolute atomic E-state index is 12.1.